The number of aromatic nitrogens is 1. The Hall–Kier alpha value is -2.18. The lowest BCUT2D eigenvalue weighted by Crippen LogP contribution is -2.07. The predicted molar refractivity (Wildman–Crippen MR) is 98.6 cm³/mol. The first-order chi connectivity index (χ1) is 12.6. The van der Waals surface area contributed by atoms with E-state index in [2.05, 4.69) is 9.72 Å². The molecule has 27 heavy (non-hydrogen) atoms. The number of ether oxygens (including phenoxy) is 1. The zero-order chi connectivity index (χ0) is 19.9. The first-order valence-corrected chi connectivity index (χ1v) is 8.62. The molecule has 1 aromatic heterocycles. The number of aromatic amines is 1. The summed E-state index contributed by atoms with van der Waals surface area (Å²) in [6.45, 7) is 1.42. The van der Waals surface area contributed by atoms with Crippen molar-refractivity contribution in [2.75, 3.05) is 7.11 Å². The average Bonchev–Trinajstić information content (AvgIpc) is 2.97. The molecule has 8 heteroatoms. The van der Waals surface area contributed by atoms with E-state index in [0.29, 0.717) is 27.2 Å². The molecule has 3 rings (SSSR count). The van der Waals surface area contributed by atoms with E-state index < -0.39 is 17.7 Å². The molecule has 2 aromatic carbocycles. The number of carbonyl (C=O) groups is 1. The molecular weight excluding hydrogens is 402 g/mol. The van der Waals surface area contributed by atoms with Gasteiger partial charge in [0.1, 0.15) is 0 Å². The monoisotopic (exact) mass is 415 g/mol. The van der Waals surface area contributed by atoms with Crippen molar-refractivity contribution in [3.05, 3.63) is 68.3 Å². The van der Waals surface area contributed by atoms with Crippen LogP contribution in [0.4, 0.5) is 13.2 Å². The predicted octanol–water partition coefficient (Wildman–Crippen LogP) is 6.18. The maximum atomic E-state index is 13.1. The molecule has 0 saturated heterocycles. The van der Waals surface area contributed by atoms with Crippen molar-refractivity contribution < 1.29 is 22.7 Å². The molecule has 1 heterocycles. The van der Waals surface area contributed by atoms with Gasteiger partial charge in [0.15, 0.2) is 0 Å². The number of H-pyrrole nitrogens is 1. The molecule has 0 amide bonds. The van der Waals surface area contributed by atoms with Crippen LogP contribution in [0.5, 0.6) is 0 Å². The molecular formula is C19H14Cl2F3NO2. The highest BCUT2D eigenvalue weighted by molar-refractivity contribution is 6.38. The van der Waals surface area contributed by atoms with Crippen LogP contribution in [0.3, 0.4) is 0 Å². The number of aryl methyl sites for hydroxylation is 1. The van der Waals surface area contributed by atoms with E-state index in [1.165, 1.54) is 32.2 Å². The molecule has 0 radical (unpaired) electrons. The number of methoxy groups -OCH3 is 1. The lowest BCUT2D eigenvalue weighted by Gasteiger charge is -2.10. The van der Waals surface area contributed by atoms with Crippen molar-refractivity contribution in [3.8, 4) is 0 Å². The Morgan fingerprint density at radius 2 is 1.89 bits per heavy atom. The summed E-state index contributed by atoms with van der Waals surface area (Å²) in [7, 11) is 1.24. The van der Waals surface area contributed by atoms with Gasteiger partial charge in [0.2, 0.25) is 0 Å². The molecule has 0 unspecified atom stereocenters. The largest absolute Gasteiger partial charge is 0.465 e. The molecule has 0 atom stereocenters. The van der Waals surface area contributed by atoms with Crippen molar-refractivity contribution in [2.24, 2.45) is 0 Å². The number of alkyl halides is 3. The molecule has 0 saturated carbocycles. The maximum Gasteiger partial charge on any atom is 0.416 e. The van der Waals surface area contributed by atoms with Gasteiger partial charge in [0, 0.05) is 22.7 Å². The maximum absolute atomic E-state index is 13.1. The van der Waals surface area contributed by atoms with E-state index in [9.17, 15) is 18.0 Å². The SMILES string of the molecule is COC(=O)c1ccc(Cl)c(Cc2cc3cc(C)c(C(F)(F)F)cc3[nH]2)c1Cl. The summed E-state index contributed by atoms with van der Waals surface area (Å²) < 4.78 is 44.0. The summed E-state index contributed by atoms with van der Waals surface area (Å²) in [5, 5.41) is 1.14. The van der Waals surface area contributed by atoms with Gasteiger partial charge in [-0.05, 0) is 53.8 Å². The fraction of sp³-hybridized carbons (Fsp3) is 0.211. The first kappa shape index (κ1) is 19.6. The Bertz CT molecular complexity index is 1040. The second kappa shape index (κ2) is 7.09. The molecule has 3 aromatic rings. The highest BCUT2D eigenvalue weighted by Crippen LogP contribution is 2.35. The molecule has 0 spiro atoms. The van der Waals surface area contributed by atoms with Crippen LogP contribution in [0.2, 0.25) is 10.0 Å². The van der Waals surface area contributed by atoms with Crippen LogP contribution >= 0.6 is 23.2 Å². The number of rotatable bonds is 3. The topological polar surface area (TPSA) is 42.1 Å². The summed E-state index contributed by atoms with van der Waals surface area (Å²) in [5.74, 6) is -0.597. The van der Waals surface area contributed by atoms with Crippen molar-refractivity contribution in [2.45, 2.75) is 19.5 Å². The molecule has 0 aliphatic carbocycles. The molecule has 1 N–H and O–H groups in total. The van der Waals surface area contributed by atoms with Gasteiger partial charge in [-0.15, -0.1) is 0 Å². The van der Waals surface area contributed by atoms with E-state index in [0.717, 1.165) is 6.07 Å². The number of halogens is 5. The van der Waals surface area contributed by atoms with Crippen LogP contribution in [0, 0.1) is 6.92 Å². The number of carbonyl (C=O) groups excluding carboxylic acids is 1. The second-order valence-electron chi connectivity index (χ2n) is 6.10. The number of hydrogen-bond donors (Lipinski definition) is 1. The Morgan fingerprint density at radius 3 is 2.52 bits per heavy atom. The standard InChI is InChI=1S/C19H14Cl2F3NO2/c1-9-5-10-6-11(25-16(10)8-14(9)19(22,23)24)7-13-15(20)4-3-12(17(13)21)18(26)27-2/h3-6,8,25H,7H2,1-2H3. The van der Waals surface area contributed by atoms with Crippen LogP contribution < -0.4 is 0 Å². The average molecular weight is 416 g/mol. The van der Waals surface area contributed by atoms with Gasteiger partial charge in [0.25, 0.3) is 0 Å². The number of hydrogen-bond acceptors (Lipinski definition) is 2. The molecule has 0 aliphatic heterocycles. The van der Waals surface area contributed by atoms with Crippen LogP contribution in [0.1, 0.15) is 32.7 Å². The summed E-state index contributed by atoms with van der Waals surface area (Å²) in [6, 6.07) is 7.29. The van der Waals surface area contributed by atoms with E-state index in [1.807, 2.05) is 0 Å². The lowest BCUT2D eigenvalue weighted by atomic mass is 10.0. The van der Waals surface area contributed by atoms with Crippen LogP contribution in [-0.2, 0) is 17.3 Å². The fourth-order valence-corrected chi connectivity index (χ4v) is 3.55. The third kappa shape index (κ3) is 3.77. The Kier molecular flexibility index (Phi) is 5.14. The molecule has 0 aliphatic rings. The van der Waals surface area contributed by atoms with Gasteiger partial charge >= 0.3 is 12.1 Å². The molecule has 3 nitrogen and oxygen atoms in total. The zero-order valence-electron chi connectivity index (χ0n) is 14.3. The Balaban J connectivity index is 2.04. The minimum Gasteiger partial charge on any atom is -0.465 e. The fourth-order valence-electron chi connectivity index (χ4n) is 2.97. The van der Waals surface area contributed by atoms with Gasteiger partial charge in [-0.3, -0.25) is 0 Å². The highest BCUT2D eigenvalue weighted by atomic mass is 35.5. The normalized spacial score (nSPS) is 11.8. The van der Waals surface area contributed by atoms with Gasteiger partial charge in [-0.1, -0.05) is 23.2 Å². The van der Waals surface area contributed by atoms with E-state index in [4.69, 9.17) is 23.2 Å². The number of esters is 1. The van der Waals surface area contributed by atoms with Gasteiger partial charge in [0.05, 0.1) is 23.3 Å². The summed E-state index contributed by atoms with van der Waals surface area (Å²) in [4.78, 5) is 14.8. The second-order valence-corrected chi connectivity index (χ2v) is 6.89. The van der Waals surface area contributed by atoms with Crippen LogP contribution in [-0.4, -0.2) is 18.1 Å². The lowest BCUT2D eigenvalue weighted by molar-refractivity contribution is -0.137. The van der Waals surface area contributed by atoms with Crippen LogP contribution in [0.15, 0.2) is 30.3 Å². The first-order valence-electron chi connectivity index (χ1n) is 7.86. The number of fused-ring (bicyclic) bond motifs is 1. The number of nitrogens with one attached hydrogen (secondary N) is 1. The van der Waals surface area contributed by atoms with Crippen molar-refractivity contribution in [1.29, 1.82) is 0 Å². The Morgan fingerprint density at radius 1 is 1.19 bits per heavy atom. The van der Waals surface area contributed by atoms with Crippen molar-refractivity contribution >= 4 is 40.1 Å². The smallest absolute Gasteiger partial charge is 0.416 e. The quantitative estimate of drug-likeness (QED) is 0.518. The van der Waals surface area contributed by atoms with Gasteiger partial charge < -0.3 is 9.72 Å². The molecule has 142 valence electrons. The van der Waals surface area contributed by atoms with Gasteiger partial charge in [-0.25, -0.2) is 4.79 Å². The molecule has 0 bridgehead atoms. The summed E-state index contributed by atoms with van der Waals surface area (Å²) in [5.41, 5.74) is 1.09. The third-order valence-electron chi connectivity index (χ3n) is 4.29. The van der Waals surface area contributed by atoms with E-state index in [1.54, 1.807) is 6.07 Å². The zero-order valence-corrected chi connectivity index (χ0v) is 15.8. The minimum atomic E-state index is -4.43. The molecule has 0 fully saturated rings. The highest BCUT2D eigenvalue weighted by Gasteiger charge is 2.32. The van der Waals surface area contributed by atoms with E-state index >= 15 is 0 Å². The van der Waals surface area contributed by atoms with E-state index in [-0.39, 0.29) is 22.6 Å². The Labute approximate surface area is 163 Å². The van der Waals surface area contributed by atoms with Crippen molar-refractivity contribution in [3.63, 3.8) is 0 Å². The van der Waals surface area contributed by atoms with Crippen LogP contribution in [0.25, 0.3) is 10.9 Å². The minimum absolute atomic E-state index is 0.143. The third-order valence-corrected chi connectivity index (χ3v) is 5.07. The summed E-state index contributed by atoms with van der Waals surface area (Å²) >= 11 is 12.5. The number of benzene rings is 2. The van der Waals surface area contributed by atoms with Gasteiger partial charge in [-0.2, -0.15) is 13.2 Å². The summed E-state index contributed by atoms with van der Waals surface area (Å²) in [6.07, 6.45) is -4.21. The van der Waals surface area contributed by atoms with Crippen molar-refractivity contribution in [1.82, 2.24) is 4.98 Å².